The van der Waals surface area contributed by atoms with E-state index in [1.54, 1.807) is 5.38 Å². The van der Waals surface area contributed by atoms with E-state index in [0.717, 1.165) is 6.42 Å². The van der Waals surface area contributed by atoms with Gasteiger partial charge in [-0.25, -0.2) is 13.4 Å². The third-order valence-corrected chi connectivity index (χ3v) is 4.23. The highest BCUT2D eigenvalue weighted by Gasteiger charge is 2.13. The number of thiazole rings is 1. The minimum Gasteiger partial charge on any atom is -0.323 e. The van der Waals surface area contributed by atoms with Gasteiger partial charge in [-0.1, -0.05) is 13.3 Å². The molecule has 0 fully saturated rings. The van der Waals surface area contributed by atoms with E-state index in [9.17, 15) is 8.42 Å². The van der Waals surface area contributed by atoms with E-state index in [0.29, 0.717) is 17.2 Å². The van der Waals surface area contributed by atoms with E-state index in [-0.39, 0.29) is 11.8 Å². The Morgan fingerprint density at radius 1 is 1.62 bits per heavy atom. The van der Waals surface area contributed by atoms with Crippen molar-refractivity contribution in [1.29, 1.82) is 0 Å². The number of sulfonamides is 1. The maximum Gasteiger partial charge on any atom is 0.234 e. The van der Waals surface area contributed by atoms with Crippen LogP contribution in [0.1, 0.15) is 38.4 Å². The lowest BCUT2D eigenvalue weighted by Crippen LogP contribution is -2.16. The second kappa shape index (κ2) is 5.60. The first kappa shape index (κ1) is 13.4. The lowest BCUT2D eigenvalue weighted by Gasteiger charge is -2.03. The summed E-state index contributed by atoms with van der Waals surface area (Å²) in [5, 5.41) is 2.16. The van der Waals surface area contributed by atoms with Gasteiger partial charge in [-0.2, -0.15) is 0 Å². The molecule has 0 aromatic carbocycles. The number of hydrogen-bond acceptors (Lipinski definition) is 5. The van der Waals surface area contributed by atoms with Crippen molar-refractivity contribution in [3.63, 3.8) is 0 Å². The molecule has 1 aromatic rings. The zero-order valence-electron chi connectivity index (χ0n) is 9.43. The first-order valence-corrected chi connectivity index (χ1v) is 7.69. The zero-order valence-corrected chi connectivity index (χ0v) is 11.1. The van der Waals surface area contributed by atoms with Crippen LogP contribution in [0, 0.1) is 0 Å². The fourth-order valence-corrected chi connectivity index (χ4v) is 3.37. The number of anilines is 1. The molecule has 0 saturated carbocycles. The largest absolute Gasteiger partial charge is 0.323 e. The van der Waals surface area contributed by atoms with Gasteiger partial charge in [-0.15, -0.1) is 11.3 Å². The number of nitrogens with two attached hydrogens (primary N) is 1. The van der Waals surface area contributed by atoms with E-state index in [1.165, 1.54) is 11.3 Å². The van der Waals surface area contributed by atoms with Gasteiger partial charge in [0.05, 0.1) is 11.4 Å². The fraction of sp³-hybridized carbons (Fsp3) is 0.667. The summed E-state index contributed by atoms with van der Waals surface area (Å²) in [6.07, 6.45) is 1.50. The summed E-state index contributed by atoms with van der Waals surface area (Å²) >= 11 is 1.26. The molecule has 1 heterocycles. The summed E-state index contributed by atoms with van der Waals surface area (Å²) in [6, 6.07) is -0.176. The maximum atomic E-state index is 11.6. The molecule has 7 heteroatoms. The van der Waals surface area contributed by atoms with E-state index in [4.69, 9.17) is 5.73 Å². The summed E-state index contributed by atoms with van der Waals surface area (Å²) in [6.45, 7) is 3.76. The van der Waals surface area contributed by atoms with Crippen molar-refractivity contribution in [2.45, 2.75) is 32.7 Å². The van der Waals surface area contributed by atoms with Crippen LogP contribution in [0.15, 0.2) is 5.38 Å². The second-order valence-electron chi connectivity index (χ2n) is 3.64. The number of aromatic nitrogens is 1. The van der Waals surface area contributed by atoms with E-state index in [1.807, 2.05) is 13.8 Å². The van der Waals surface area contributed by atoms with Gasteiger partial charge in [0.15, 0.2) is 5.13 Å². The van der Waals surface area contributed by atoms with Crippen LogP contribution in [0.3, 0.4) is 0 Å². The van der Waals surface area contributed by atoms with Crippen molar-refractivity contribution in [3.8, 4) is 0 Å². The highest BCUT2D eigenvalue weighted by atomic mass is 32.2. The third-order valence-electron chi connectivity index (χ3n) is 2.00. The molecule has 0 aliphatic rings. The molecular weight excluding hydrogens is 246 g/mol. The molecule has 0 amide bonds. The normalized spacial score (nSPS) is 13.7. The van der Waals surface area contributed by atoms with E-state index < -0.39 is 10.0 Å². The molecule has 1 aromatic heterocycles. The van der Waals surface area contributed by atoms with Crippen LogP contribution in [0.2, 0.25) is 0 Å². The molecule has 0 spiro atoms. The first-order chi connectivity index (χ1) is 7.44. The third kappa shape index (κ3) is 4.07. The second-order valence-corrected chi connectivity index (χ2v) is 6.34. The standard InChI is InChI=1S/C9H17N3O2S2/c1-3-4-5-16(13,14)12-9-11-8(6-15-9)7(2)10/h6-7H,3-5,10H2,1-2H3,(H,11,12). The molecule has 0 saturated heterocycles. The van der Waals surface area contributed by atoms with Gasteiger partial charge in [-0.3, -0.25) is 4.72 Å². The van der Waals surface area contributed by atoms with Crippen LogP contribution in [0.4, 0.5) is 5.13 Å². The smallest absolute Gasteiger partial charge is 0.234 e. The Hall–Kier alpha value is -0.660. The molecule has 0 radical (unpaired) electrons. The average Bonchev–Trinajstić information content (AvgIpc) is 2.62. The average molecular weight is 263 g/mol. The van der Waals surface area contributed by atoms with Crippen molar-refractivity contribution in [1.82, 2.24) is 4.98 Å². The van der Waals surface area contributed by atoms with Crippen LogP contribution in [-0.4, -0.2) is 19.2 Å². The van der Waals surface area contributed by atoms with E-state index in [2.05, 4.69) is 9.71 Å². The van der Waals surface area contributed by atoms with Crippen molar-refractivity contribution in [2.24, 2.45) is 5.73 Å². The van der Waals surface area contributed by atoms with Crippen LogP contribution >= 0.6 is 11.3 Å². The van der Waals surface area contributed by atoms with Crippen molar-refractivity contribution in [3.05, 3.63) is 11.1 Å². The van der Waals surface area contributed by atoms with Gasteiger partial charge in [0.25, 0.3) is 0 Å². The maximum absolute atomic E-state index is 11.6. The number of unbranched alkanes of at least 4 members (excludes halogenated alkanes) is 1. The highest BCUT2D eigenvalue weighted by molar-refractivity contribution is 7.92. The van der Waals surface area contributed by atoms with Gasteiger partial charge < -0.3 is 5.73 Å². The number of hydrogen-bond donors (Lipinski definition) is 2. The molecule has 1 rings (SSSR count). The van der Waals surface area contributed by atoms with Gasteiger partial charge in [0, 0.05) is 11.4 Å². The molecule has 16 heavy (non-hydrogen) atoms. The molecule has 0 aliphatic heterocycles. The van der Waals surface area contributed by atoms with Gasteiger partial charge in [-0.05, 0) is 13.3 Å². The Bertz CT molecular complexity index is 426. The van der Waals surface area contributed by atoms with Crippen LogP contribution in [0.5, 0.6) is 0 Å². The topological polar surface area (TPSA) is 85.1 Å². The Morgan fingerprint density at radius 3 is 2.81 bits per heavy atom. The Labute approximate surface area is 100 Å². The molecule has 3 N–H and O–H groups in total. The Kier molecular flexibility index (Phi) is 4.69. The van der Waals surface area contributed by atoms with Crippen molar-refractivity contribution < 1.29 is 8.42 Å². The lowest BCUT2D eigenvalue weighted by molar-refractivity contribution is 0.598. The van der Waals surface area contributed by atoms with Gasteiger partial charge >= 0.3 is 0 Å². The molecule has 5 nitrogen and oxygen atoms in total. The quantitative estimate of drug-likeness (QED) is 0.818. The molecule has 92 valence electrons. The predicted molar refractivity (Wildman–Crippen MR) is 67.0 cm³/mol. The fourth-order valence-electron chi connectivity index (χ4n) is 1.06. The van der Waals surface area contributed by atoms with Crippen molar-refractivity contribution in [2.75, 3.05) is 10.5 Å². The summed E-state index contributed by atoms with van der Waals surface area (Å²) in [5.74, 6) is 0.136. The summed E-state index contributed by atoms with van der Waals surface area (Å²) < 4.78 is 25.6. The summed E-state index contributed by atoms with van der Waals surface area (Å²) in [5.41, 5.74) is 6.34. The molecule has 1 unspecified atom stereocenters. The molecule has 0 aliphatic carbocycles. The Morgan fingerprint density at radius 2 is 2.31 bits per heavy atom. The summed E-state index contributed by atoms with van der Waals surface area (Å²) in [4.78, 5) is 4.11. The summed E-state index contributed by atoms with van der Waals surface area (Å²) in [7, 11) is -3.25. The molecule has 1 atom stereocenters. The SMILES string of the molecule is CCCCS(=O)(=O)Nc1nc(C(C)N)cs1. The highest BCUT2D eigenvalue weighted by Crippen LogP contribution is 2.20. The van der Waals surface area contributed by atoms with Crippen LogP contribution in [-0.2, 0) is 10.0 Å². The Balaban J connectivity index is 2.65. The van der Waals surface area contributed by atoms with Gasteiger partial charge in [0.1, 0.15) is 0 Å². The number of nitrogens with zero attached hydrogens (tertiary/aromatic N) is 1. The first-order valence-electron chi connectivity index (χ1n) is 5.16. The van der Waals surface area contributed by atoms with Crippen LogP contribution in [0.25, 0.3) is 0 Å². The molecular formula is C9H17N3O2S2. The minimum atomic E-state index is -3.25. The number of rotatable bonds is 6. The molecule has 0 bridgehead atoms. The lowest BCUT2D eigenvalue weighted by atomic mass is 10.3. The monoisotopic (exact) mass is 263 g/mol. The minimum absolute atomic E-state index is 0.136. The van der Waals surface area contributed by atoms with E-state index >= 15 is 0 Å². The predicted octanol–water partition coefficient (Wildman–Crippen LogP) is 1.70. The van der Waals surface area contributed by atoms with Crippen LogP contribution < -0.4 is 10.5 Å². The zero-order chi connectivity index (χ0) is 12.2. The van der Waals surface area contributed by atoms with Gasteiger partial charge in [0.2, 0.25) is 10.0 Å². The number of nitrogens with one attached hydrogen (secondary N) is 1. The van der Waals surface area contributed by atoms with Crippen molar-refractivity contribution >= 4 is 26.5 Å².